The Balaban J connectivity index is 1.12. The maximum absolute atomic E-state index is 15.8. The van der Waals surface area contributed by atoms with Crippen LogP contribution in [0, 0.1) is 6.92 Å². The summed E-state index contributed by atoms with van der Waals surface area (Å²) in [5.41, 5.74) is -7.12. The van der Waals surface area contributed by atoms with Crippen molar-refractivity contribution in [1.82, 2.24) is 0 Å². The number of rotatable bonds is 17. The Bertz CT molecular complexity index is 4450. The van der Waals surface area contributed by atoms with Crippen molar-refractivity contribution in [2.45, 2.75) is 56.5 Å². The molecule has 0 atom stereocenters. The number of ketones is 3. The van der Waals surface area contributed by atoms with E-state index < -0.39 is 108 Å². The molecule has 0 N–H and O–H groups in total. The third-order valence-electron chi connectivity index (χ3n) is 16.0. The highest BCUT2D eigenvalue weighted by atomic mass is 32.1. The molecule has 9 aromatic rings. The first-order valence-corrected chi connectivity index (χ1v) is 29.5. The average Bonchev–Trinajstić information content (AvgIpc) is 1.51. The maximum atomic E-state index is 15.8. The Morgan fingerprint density at radius 1 is 0.451 bits per heavy atom. The highest BCUT2D eigenvalue weighted by Crippen LogP contribution is 2.61. The number of Topliss-reactive ketones (excluding diaryl/α,β-unsaturated/α-hetero) is 3. The van der Waals surface area contributed by atoms with Crippen LogP contribution in [-0.4, -0.2) is 47.5 Å². The number of ether oxygens (including phenoxy) is 4. The van der Waals surface area contributed by atoms with E-state index >= 15 is 19.2 Å². The fourth-order valence-electron chi connectivity index (χ4n) is 11.6. The first-order valence-electron chi connectivity index (χ1n) is 27.9. The number of esters is 4. The van der Waals surface area contributed by atoms with Crippen LogP contribution in [0.3, 0.4) is 0 Å². The van der Waals surface area contributed by atoms with Gasteiger partial charge in [0.25, 0.3) is 0 Å². The molecule has 454 valence electrons. The van der Waals surface area contributed by atoms with Crippen LogP contribution in [0.15, 0.2) is 182 Å². The van der Waals surface area contributed by atoms with Crippen LogP contribution in [0.1, 0.15) is 92.4 Å². The van der Waals surface area contributed by atoms with Crippen LogP contribution < -0.4 is 0 Å². The van der Waals surface area contributed by atoms with Crippen LogP contribution >= 0.6 is 22.7 Å². The number of halogens is 6. The molecule has 3 aliphatic rings. The number of thiophene rings is 2. The summed E-state index contributed by atoms with van der Waals surface area (Å²) in [5, 5.41) is 0. The predicted molar refractivity (Wildman–Crippen MR) is 323 cm³/mol. The predicted octanol–water partition coefficient (Wildman–Crippen LogP) is 14.3. The number of alkyl halides is 6. The number of aryl methyl sites for hydroxylation is 1. The molecule has 0 bridgehead atoms. The molecular weight excluding hydrogens is 1220 g/mol. The molecule has 0 saturated carbocycles. The third-order valence-corrected chi connectivity index (χ3v) is 18.2. The van der Waals surface area contributed by atoms with Crippen LogP contribution in [0.4, 0.5) is 26.3 Å². The molecule has 0 fully saturated rings. The standard InChI is InChI=1S/C71H44F6O12S2/c1-39-26-44(70(72,73)74)22-24-48(39)50(59(79)34-78)28-46-30-57-62(90-46)53-32-56-54(33-55(53)68(57,64(82)86-35-40-14-6-2-7-15-40)65(83)87-36-41-16-8-3-9-17-41)63-58(31-47(91-63)29-52-49-25-23-45(71(75,76)77)27-51(49)60(80)61(52)81)69(56,66(84)88-37-42-18-10-4-11-19-42)67(85)89-38-43-20-12-5-13-21-43/h2-34H,35-38H2,1H3/b50-28-,52-29-. The largest absolute Gasteiger partial charge is 0.459 e. The minimum Gasteiger partial charge on any atom is -0.459 e. The van der Waals surface area contributed by atoms with Gasteiger partial charge in [0.05, 0.1) is 11.1 Å². The SMILES string of the molecule is Cc1cc(C(F)(F)F)ccc1/C(=C/c1cc2c(s1)-c1cc3c(cc1C2(C(=O)OCc1ccccc1)C(=O)OCc1ccccc1)-c1sc(/C=C2\C(=O)C(=O)c4cc(C(F)(F)F)ccc42)cc1C3(C(=O)OCc1ccccc1)C(=O)OCc1ccccc1)C(=O)C=O. The van der Waals surface area contributed by atoms with E-state index in [-0.39, 0.29) is 87.0 Å². The van der Waals surface area contributed by atoms with Gasteiger partial charge in [-0.1, -0.05) is 133 Å². The summed E-state index contributed by atoms with van der Waals surface area (Å²) >= 11 is 1.76. The first kappa shape index (κ1) is 60.8. The Morgan fingerprint density at radius 2 is 0.846 bits per heavy atom. The summed E-state index contributed by atoms with van der Waals surface area (Å²) in [5.74, 6) is -8.22. The highest BCUT2D eigenvalue weighted by molar-refractivity contribution is 7.17. The second-order valence-corrected chi connectivity index (χ2v) is 23.7. The lowest BCUT2D eigenvalue weighted by molar-refractivity contribution is -0.166. The monoisotopic (exact) mass is 1270 g/mol. The van der Waals surface area contributed by atoms with Gasteiger partial charge in [-0.15, -0.1) is 22.7 Å². The quantitative estimate of drug-likeness (QED) is 0.0161. The molecule has 2 heterocycles. The Labute approximate surface area is 521 Å². The van der Waals surface area contributed by atoms with Gasteiger partial charge in [-0.05, 0) is 129 Å². The average molecular weight is 1270 g/mol. The molecule has 3 aliphatic carbocycles. The van der Waals surface area contributed by atoms with Crippen molar-refractivity contribution in [1.29, 1.82) is 0 Å². The summed E-state index contributed by atoms with van der Waals surface area (Å²) in [6.07, 6.45) is -7.16. The summed E-state index contributed by atoms with van der Waals surface area (Å²) in [7, 11) is 0. The second kappa shape index (κ2) is 23.8. The molecule has 2 aromatic heterocycles. The van der Waals surface area contributed by atoms with Crippen LogP contribution in [0.25, 0.3) is 44.2 Å². The van der Waals surface area contributed by atoms with Gasteiger partial charge in [0, 0.05) is 47.3 Å². The lowest BCUT2D eigenvalue weighted by atomic mass is 9.75. The zero-order valence-electron chi connectivity index (χ0n) is 47.4. The van der Waals surface area contributed by atoms with Gasteiger partial charge in [0.1, 0.15) is 26.4 Å². The van der Waals surface area contributed by atoms with E-state index in [4.69, 9.17) is 18.9 Å². The number of fused-ring (bicyclic) bond motifs is 7. The number of aldehydes is 1. The van der Waals surface area contributed by atoms with Crippen LogP contribution in [-0.2, 0) is 102 Å². The minimum absolute atomic E-state index is 0.0139. The van der Waals surface area contributed by atoms with Crippen molar-refractivity contribution >= 4 is 93.5 Å². The molecule has 0 spiro atoms. The summed E-state index contributed by atoms with van der Waals surface area (Å²) in [6, 6.07) is 44.4. The van der Waals surface area contributed by atoms with Crippen molar-refractivity contribution in [2.24, 2.45) is 0 Å². The number of benzene rings is 7. The van der Waals surface area contributed by atoms with E-state index in [9.17, 15) is 45.5 Å². The van der Waals surface area contributed by atoms with Gasteiger partial charge in [-0.3, -0.25) is 38.4 Å². The lowest BCUT2D eigenvalue weighted by Crippen LogP contribution is -2.46. The number of carbonyl (C=O) groups excluding carboxylic acids is 8. The minimum atomic E-state index is -4.86. The van der Waals surface area contributed by atoms with Crippen molar-refractivity contribution in [3.63, 3.8) is 0 Å². The number of hydrogen-bond acceptors (Lipinski definition) is 14. The molecule has 12 nitrogen and oxygen atoms in total. The summed E-state index contributed by atoms with van der Waals surface area (Å²) < 4.78 is 108. The van der Waals surface area contributed by atoms with Crippen molar-refractivity contribution in [2.75, 3.05) is 0 Å². The molecule has 0 amide bonds. The second-order valence-electron chi connectivity index (χ2n) is 21.5. The van der Waals surface area contributed by atoms with Crippen LogP contribution in [0.5, 0.6) is 0 Å². The fraction of sp³-hybridized carbons (Fsp3) is 0.127. The molecule has 0 saturated heterocycles. The Kier molecular flexibility index (Phi) is 15.9. The van der Waals surface area contributed by atoms with Gasteiger partial charge in [-0.25, -0.2) is 0 Å². The van der Waals surface area contributed by atoms with E-state index in [2.05, 4.69) is 0 Å². The van der Waals surface area contributed by atoms with E-state index in [0.717, 1.165) is 53.0 Å². The number of allylic oxidation sites excluding steroid dienone is 2. The molecule has 7 aromatic carbocycles. The van der Waals surface area contributed by atoms with Gasteiger partial charge in [-0.2, -0.15) is 26.3 Å². The zero-order valence-corrected chi connectivity index (χ0v) is 49.0. The summed E-state index contributed by atoms with van der Waals surface area (Å²) in [6.45, 7) is -0.269. The van der Waals surface area contributed by atoms with E-state index in [0.29, 0.717) is 28.3 Å². The molecule has 0 unspecified atom stereocenters. The van der Waals surface area contributed by atoms with Gasteiger partial charge >= 0.3 is 36.2 Å². The smallest absolute Gasteiger partial charge is 0.416 e. The van der Waals surface area contributed by atoms with E-state index in [1.807, 2.05) is 0 Å². The van der Waals surface area contributed by atoms with Gasteiger partial charge < -0.3 is 18.9 Å². The normalized spacial score (nSPS) is 14.6. The lowest BCUT2D eigenvalue weighted by Gasteiger charge is -2.29. The molecule has 20 heteroatoms. The van der Waals surface area contributed by atoms with Crippen molar-refractivity contribution in [3.8, 4) is 20.9 Å². The Morgan fingerprint density at radius 3 is 1.25 bits per heavy atom. The zero-order chi connectivity index (χ0) is 64.1. The molecule has 0 radical (unpaired) electrons. The number of carbonyl (C=O) groups is 8. The molecule has 12 rings (SSSR count). The van der Waals surface area contributed by atoms with Crippen molar-refractivity contribution < 1.29 is 83.6 Å². The molecule has 0 aliphatic heterocycles. The highest BCUT2D eigenvalue weighted by Gasteiger charge is 2.63. The fourth-order valence-corrected chi connectivity index (χ4v) is 14.0. The van der Waals surface area contributed by atoms with Gasteiger partial charge in [0.2, 0.25) is 28.2 Å². The number of hydrogen-bond donors (Lipinski definition) is 0. The Hall–Kier alpha value is -10.4. The third kappa shape index (κ3) is 10.9. The van der Waals surface area contributed by atoms with Crippen LogP contribution in [0.2, 0.25) is 0 Å². The van der Waals surface area contributed by atoms with Crippen molar-refractivity contribution in [3.05, 3.63) is 270 Å². The maximum Gasteiger partial charge on any atom is 0.416 e. The molecule has 91 heavy (non-hydrogen) atoms. The van der Waals surface area contributed by atoms with E-state index in [1.54, 1.807) is 121 Å². The first-order chi connectivity index (χ1) is 43.6. The summed E-state index contributed by atoms with van der Waals surface area (Å²) in [4.78, 5) is 117. The topological polar surface area (TPSA) is 173 Å². The van der Waals surface area contributed by atoms with Gasteiger partial charge in [0.15, 0.2) is 6.29 Å². The molecular formula is C71H44F6O12S2. The van der Waals surface area contributed by atoms with E-state index in [1.165, 1.54) is 43.3 Å².